The van der Waals surface area contributed by atoms with E-state index in [9.17, 15) is 4.79 Å². The van der Waals surface area contributed by atoms with Gasteiger partial charge in [0.2, 0.25) is 0 Å². The maximum Gasteiger partial charge on any atom is 0.135 e. The molecule has 0 aliphatic rings. The average Bonchev–Trinajstić information content (AvgIpc) is 1.86. The second-order valence-corrected chi connectivity index (χ2v) is 2.07. The zero-order valence-corrected chi connectivity index (χ0v) is 6.68. The second-order valence-electron chi connectivity index (χ2n) is 2.07. The zero-order valence-electron chi connectivity index (χ0n) is 6.68. The molecular weight excluding hydrogens is 130 g/mol. The first kappa shape index (κ1) is 9.14. The maximum absolute atomic E-state index is 10.6. The number of rotatable bonds is 4. The number of hydrogen-bond donors (Lipinski definition) is 0. The van der Waals surface area contributed by atoms with Crippen LogP contribution in [0.2, 0.25) is 0 Å². The highest BCUT2D eigenvalue weighted by atomic mass is 16.6. The summed E-state index contributed by atoms with van der Waals surface area (Å²) in [5, 5.41) is 3.68. The molecule has 0 aromatic heterocycles. The smallest absolute Gasteiger partial charge is 0.135 e. The lowest BCUT2D eigenvalue weighted by molar-refractivity contribution is -0.115. The zero-order chi connectivity index (χ0) is 7.98. The molecule has 10 heavy (non-hydrogen) atoms. The molecular formula is C7H13NO2. The highest BCUT2D eigenvalue weighted by Gasteiger charge is 1.99. The molecule has 0 atom stereocenters. The van der Waals surface area contributed by atoms with Crippen LogP contribution in [0.3, 0.4) is 0 Å². The lowest BCUT2D eigenvalue weighted by atomic mass is 10.2. The summed E-state index contributed by atoms with van der Waals surface area (Å²) in [6.07, 6.45) is 1.18. The van der Waals surface area contributed by atoms with Gasteiger partial charge in [0.1, 0.15) is 12.9 Å². The SMILES string of the molecule is CC/C(CC(C)=O)=N\OC. The Morgan fingerprint density at radius 1 is 1.60 bits per heavy atom. The van der Waals surface area contributed by atoms with E-state index in [1.54, 1.807) is 6.92 Å². The number of hydrogen-bond acceptors (Lipinski definition) is 3. The molecule has 0 saturated carbocycles. The molecule has 0 heterocycles. The van der Waals surface area contributed by atoms with Crippen molar-refractivity contribution in [2.24, 2.45) is 5.16 Å². The van der Waals surface area contributed by atoms with E-state index in [2.05, 4.69) is 9.99 Å². The van der Waals surface area contributed by atoms with Gasteiger partial charge < -0.3 is 4.84 Å². The molecule has 0 radical (unpaired) electrons. The van der Waals surface area contributed by atoms with Crippen LogP contribution in [-0.4, -0.2) is 18.6 Å². The van der Waals surface area contributed by atoms with Crippen LogP contribution in [0, 0.1) is 0 Å². The van der Waals surface area contributed by atoms with Crippen molar-refractivity contribution in [3.63, 3.8) is 0 Å². The fraction of sp³-hybridized carbons (Fsp3) is 0.714. The minimum Gasteiger partial charge on any atom is -0.399 e. The van der Waals surface area contributed by atoms with E-state index in [-0.39, 0.29) is 5.78 Å². The fourth-order valence-corrected chi connectivity index (χ4v) is 0.638. The van der Waals surface area contributed by atoms with Crippen molar-refractivity contribution in [2.75, 3.05) is 7.11 Å². The predicted octanol–water partition coefficient (Wildman–Crippen LogP) is 1.38. The molecule has 0 aliphatic heterocycles. The summed E-state index contributed by atoms with van der Waals surface area (Å²) in [5.41, 5.74) is 0.801. The van der Waals surface area contributed by atoms with Crippen molar-refractivity contribution in [3.8, 4) is 0 Å². The van der Waals surface area contributed by atoms with Gasteiger partial charge in [0.15, 0.2) is 0 Å². The highest BCUT2D eigenvalue weighted by molar-refractivity contribution is 6.00. The van der Waals surface area contributed by atoms with Crippen LogP contribution in [0.5, 0.6) is 0 Å². The Kier molecular flexibility index (Phi) is 4.54. The molecule has 3 nitrogen and oxygen atoms in total. The third-order valence-corrected chi connectivity index (χ3v) is 1.08. The number of oxime groups is 1. The third kappa shape index (κ3) is 4.06. The van der Waals surface area contributed by atoms with Crippen LogP contribution < -0.4 is 0 Å². The summed E-state index contributed by atoms with van der Waals surface area (Å²) in [6.45, 7) is 3.49. The molecule has 0 rings (SSSR count). The molecule has 58 valence electrons. The molecule has 0 aromatic rings. The van der Waals surface area contributed by atoms with Gasteiger partial charge in [-0.15, -0.1) is 0 Å². The van der Waals surface area contributed by atoms with Crippen LogP contribution in [0.4, 0.5) is 0 Å². The fourth-order valence-electron chi connectivity index (χ4n) is 0.638. The van der Waals surface area contributed by atoms with Gasteiger partial charge in [0.25, 0.3) is 0 Å². The number of carbonyl (C=O) groups excluding carboxylic acids is 1. The summed E-state index contributed by atoms with van der Waals surface area (Å²) in [6, 6.07) is 0. The average molecular weight is 143 g/mol. The Labute approximate surface area is 61.1 Å². The molecule has 0 amide bonds. The van der Waals surface area contributed by atoms with Crippen LogP contribution in [-0.2, 0) is 9.63 Å². The van der Waals surface area contributed by atoms with E-state index in [4.69, 9.17) is 0 Å². The van der Waals surface area contributed by atoms with Crippen molar-refractivity contribution in [2.45, 2.75) is 26.7 Å². The minimum absolute atomic E-state index is 0.123. The van der Waals surface area contributed by atoms with Crippen molar-refractivity contribution in [3.05, 3.63) is 0 Å². The first-order chi connectivity index (χ1) is 4.70. The minimum atomic E-state index is 0.123. The topological polar surface area (TPSA) is 38.7 Å². The van der Waals surface area contributed by atoms with E-state index in [1.165, 1.54) is 7.11 Å². The van der Waals surface area contributed by atoms with Crippen LogP contribution in [0.1, 0.15) is 26.7 Å². The number of ketones is 1. The summed E-state index contributed by atoms with van der Waals surface area (Å²) in [5.74, 6) is 0.123. The van der Waals surface area contributed by atoms with Crippen molar-refractivity contribution in [1.29, 1.82) is 0 Å². The van der Waals surface area contributed by atoms with Gasteiger partial charge in [0.05, 0.1) is 5.71 Å². The van der Waals surface area contributed by atoms with E-state index in [0.717, 1.165) is 12.1 Å². The summed E-state index contributed by atoms with van der Waals surface area (Å²) >= 11 is 0. The van der Waals surface area contributed by atoms with Gasteiger partial charge in [0, 0.05) is 6.42 Å². The van der Waals surface area contributed by atoms with E-state index >= 15 is 0 Å². The van der Waals surface area contributed by atoms with Gasteiger partial charge >= 0.3 is 0 Å². The molecule has 0 aromatic carbocycles. The Bertz CT molecular complexity index is 141. The van der Waals surface area contributed by atoms with Crippen molar-refractivity contribution >= 4 is 11.5 Å². The van der Waals surface area contributed by atoms with E-state index < -0.39 is 0 Å². The van der Waals surface area contributed by atoms with Gasteiger partial charge in [-0.25, -0.2) is 0 Å². The molecule has 0 saturated heterocycles. The third-order valence-electron chi connectivity index (χ3n) is 1.08. The van der Waals surface area contributed by atoms with Gasteiger partial charge in [-0.2, -0.15) is 0 Å². The first-order valence-electron chi connectivity index (χ1n) is 3.29. The Morgan fingerprint density at radius 3 is 2.50 bits per heavy atom. The summed E-state index contributed by atoms with van der Waals surface area (Å²) < 4.78 is 0. The maximum atomic E-state index is 10.6. The molecule has 0 fully saturated rings. The number of Topliss-reactive ketones (excluding diaryl/α,β-unsaturated/α-hetero) is 1. The molecule has 3 heteroatoms. The van der Waals surface area contributed by atoms with Gasteiger partial charge in [-0.05, 0) is 13.3 Å². The van der Waals surface area contributed by atoms with Crippen molar-refractivity contribution in [1.82, 2.24) is 0 Å². The lowest BCUT2D eigenvalue weighted by Crippen LogP contribution is -2.03. The molecule has 0 N–H and O–H groups in total. The van der Waals surface area contributed by atoms with E-state index in [0.29, 0.717) is 6.42 Å². The Balaban J connectivity index is 3.83. The van der Waals surface area contributed by atoms with Crippen LogP contribution in [0.15, 0.2) is 5.16 Å². The van der Waals surface area contributed by atoms with Crippen molar-refractivity contribution < 1.29 is 9.63 Å². The standard InChI is InChI=1S/C7H13NO2/c1-4-7(8-10-3)5-6(2)9/h4-5H2,1-3H3/b8-7+. The molecule has 0 aliphatic carbocycles. The molecule has 0 bridgehead atoms. The molecule has 0 unspecified atom stereocenters. The second kappa shape index (κ2) is 4.97. The lowest BCUT2D eigenvalue weighted by Gasteiger charge is -1.97. The molecule has 0 spiro atoms. The summed E-state index contributed by atoms with van der Waals surface area (Å²) in [7, 11) is 1.48. The number of carbonyl (C=O) groups is 1. The first-order valence-corrected chi connectivity index (χ1v) is 3.29. The van der Waals surface area contributed by atoms with Crippen LogP contribution in [0.25, 0.3) is 0 Å². The predicted molar refractivity (Wildman–Crippen MR) is 40.0 cm³/mol. The Hall–Kier alpha value is -0.860. The van der Waals surface area contributed by atoms with Gasteiger partial charge in [-0.1, -0.05) is 12.1 Å². The van der Waals surface area contributed by atoms with Crippen LogP contribution >= 0.6 is 0 Å². The van der Waals surface area contributed by atoms with E-state index in [1.807, 2.05) is 6.92 Å². The largest absolute Gasteiger partial charge is 0.399 e. The highest BCUT2D eigenvalue weighted by Crippen LogP contribution is 1.93. The monoisotopic (exact) mass is 143 g/mol. The normalized spacial score (nSPS) is 11.3. The quantitative estimate of drug-likeness (QED) is 0.440. The summed E-state index contributed by atoms with van der Waals surface area (Å²) in [4.78, 5) is 15.1. The number of nitrogens with zero attached hydrogens (tertiary/aromatic N) is 1. The Morgan fingerprint density at radius 2 is 2.20 bits per heavy atom. The van der Waals surface area contributed by atoms with Gasteiger partial charge in [-0.3, -0.25) is 4.79 Å².